The van der Waals surface area contributed by atoms with E-state index in [1.807, 2.05) is 11.0 Å². The number of aliphatic hydroxyl groups is 1. The van der Waals surface area contributed by atoms with Gasteiger partial charge in [0.05, 0.1) is 12.6 Å². The molecule has 7 nitrogen and oxygen atoms in total. The van der Waals surface area contributed by atoms with Crippen molar-refractivity contribution in [3.05, 3.63) is 45.3 Å². The van der Waals surface area contributed by atoms with Crippen LogP contribution in [-0.4, -0.2) is 52.2 Å². The monoisotopic (exact) mass is 360 g/mol. The highest BCUT2D eigenvalue weighted by atomic mass is 32.1. The summed E-state index contributed by atoms with van der Waals surface area (Å²) >= 11 is 1.40. The number of aromatic nitrogens is 2. The Balaban J connectivity index is 1.66. The van der Waals surface area contributed by atoms with Crippen LogP contribution in [0.15, 0.2) is 28.4 Å². The molecule has 0 radical (unpaired) electrons. The van der Waals surface area contributed by atoms with E-state index in [9.17, 15) is 14.7 Å². The minimum Gasteiger partial charge on any atom is -0.394 e. The predicted octanol–water partition coefficient (Wildman–Crippen LogP) is 1.14. The van der Waals surface area contributed by atoms with Gasteiger partial charge < -0.3 is 19.9 Å². The van der Waals surface area contributed by atoms with Gasteiger partial charge in [-0.05, 0) is 12.5 Å². The van der Waals surface area contributed by atoms with Gasteiger partial charge in [-0.1, -0.05) is 6.07 Å². The number of anilines is 1. The van der Waals surface area contributed by atoms with E-state index in [0.717, 1.165) is 12.1 Å². The Labute approximate surface area is 148 Å². The lowest BCUT2D eigenvalue weighted by Gasteiger charge is -2.46. The van der Waals surface area contributed by atoms with Gasteiger partial charge in [-0.15, -0.1) is 11.3 Å². The van der Waals surface area contributed by atoms with Crippen LogP contribution >= 0.6 is 11.3 Å². The van der Waals surface area contributed by atoms with Gasteiger partial charge in [-0.25, -0.2) is 4.98 Å². The molecule has 2 aliphatic rings. The zero-order valence-corrected chi connectivity index (χ0v) is 14.7. The average molecular weight is 360 g/mol. The third-order valence-corrected chi connectivity index (χ3v) is 6.07. The van der Waals surface area contributed by atoms with Crippen LogP contribution in [0.3, 0.4) is 0 Å². The number of nitrogens with zero attached hydrogens (tertiary/aromatic N) is 3. The Morgan fingerprint density at radius 3 is 3.00 bits per heavy atom. The molecule has 2 N–H and O–H groups in total. The molecule has 3 atom stereocenters. The molecule has 2 aliphatic heterocycles. The van der Waals surface area contributed by atoms with Crippen molar-refractivity contribution < 1.29 is 9.90 Å². The third-order valence-electron chi connectivity index (χ3n) is 5.21. The van der Waals surface area contributed by atoms with Crippen LogP contribution < -0.4 is 10.9 Å². The van der Waals surface area contributed by atoms with Crippen LogP contribution in [-0.2, 0) is 0 Å². The van der Waals surface area contributed by atoms with E-state index in [4.69, 9.17) is 0 Å². The smallest absolute Gasteiger partial charge is 0.273 e. The second-order valence-corrected chi connectivity index (χ2v) is 7.46. The fourth-order valence-corrected chi connectivity index (χ4v) is 4.74. The molecule has 0 spiro atoms. The maximum absolute atomic E-state index is 12.8. The minimum absolute atomic E-state index is 0.0720. The summed E-state index contributed by atoms with van der Waals surface area (Å²) in [7, 11) is 1.78. The number of piperidine rings is 1. The van der Waals surface area contributed by atoms with E-state index in [1.54, 1.807) is 23.1 Å². The molecule has 132 valence electrons. The molecule has 1 amide bonds. The second-order valence-electron chi connectivity index (χ2n) is 6.60. The predicted molar refractivity (Wildman–Crippen MR) is 95.2 cm³/mol. The first-order valence-electron chi connectivity index (χ1n) is 8.37. The molecule has 4 rings (SSSR count). The first-order valence-corrected chi connectivity index (χ1v) is 9.25. The highest BCUT2D eigenvalue weighted by Gasteiger charge is 2.41. The Morgan fingerprint density at radius 2 is 2.28 bits per heavy atom. The van der Waals surface area contributed by atoms with Gasteiger partial charge in [-0.3, -0.25) is 9.59 Å². The van der Waals surface area contributed by atoms with Crippen molar-refractivity contribution in [1.29, 1.82) is 0 Å². The van der Waals surface area contributed by atoms with Gasteiger partial charge in [0.1, 0.15) is 5.69 Å². The topological polar surface area (TPSA) is 87.5 Å². The summed E-state index contributed by atoms with van der Waals surface area (Å²) < 4.78 is 1.72. The molecule has 0 aliphatic carbocycles. The number of aliphatic hydroxyl groups excluding tert-OH is 1. The largest absolute Gasteiger partial charge is 0.394 e. The lowest BCUT2D eigenvalue weighted by Crippen LogP contribution is -2.51. The van der Waals surface area contributed by atoms with Crippen molar-refractivity contribution in [2.75, 3.05) is 32.1 Å². The number of rotatable bonds is 3. The number of pyridine rings is 1. The van der Waals surface area contributed by atoms with Crippen molar-refractivity contribution in [1.82, 2.24) is 14.5 Å². The standard InChI is InChI=1S/C17H20N4O3S/c1-18-17-19-12(9-25-17)16(24)20-6-10-5-11(7-20)14(8-22)21-13(10)3-2-4-15(21)23/h2-4,9-11,14,22H,5-8H2,1H3,(H,18,19)/t10-,11+,14+/m1/s1. The van der Waals surface area contributed by atoms with Gasteiger partial charge in [0.15, 0.2) is 5.13 Å². The van der Waals surface area contributed by atoms with Gasteiger partial charge in [-0.2, -0.15) is 0 Å². The second kappa shape index (κ2) is 6.27. The Kier molecular flexibility index (Phi) is 4.09. The van der Waals surface area contributed by atoms with E-state index in [1.165, 1.54) is 17.4 Å². The molecule has 4 heterocycles. The molecular formula is C17H20N4O3S. The van der Waals surface area contributed by atoms with E-state index in [-0.39, 0.29) is 36.0 Å². The lowest BCUT2D eigenvalue weighted by atomic mass is 9.78. The van der Waals surface area contributed by atoms with Crippen LogP contribution in [0.2, 0.25) is 0 Å². The summed E-state index contributed by atoms with van der Waals surface area (Å²) in [6.07, 6.45) is 0.886. The molecule has 8 heteroatoms. The van der Waals surface area contributed by atoms with Crippen LogP contribution in [0.4, 0.5) is 5.13 Å². The number of carbonyl (C=O) groups excluding carboxylic acids is 1. The number of hydrogen-bond donors (Lipinski definition) is 2. The molecule has 0 aromatic carbocycles. The SMILES string of the molecule is CNc1nc(C(=O)N2C[C@H]3C[C@@H](C2)[C@H](CO)n2c3cccc2=O)cs1. The molecule has 1 saturated heterocycles. The Morgan fingerprint density at radius 1 is 1.44 bits per heavy atom. The molecular weight excluding hydrogens is 340 g/mol. The number of likely N-dealkylation sites (tertiary alicyclic amines) is 1. The Hall–Kier alpha value is -2.19. The molecule has 2 aromatic heterocycles. The summed E-state index contributed by atoms with van der Waals surface area (Å²) in [6, 6.07) is 4.94. The number of hydrogen-bond acceptors (Lipinski definition) is 6. The van der Waals surface area contributed by atoms with Crippen molar-refractivity contribution in [3.63, 3.8) is 0 Å². The molecule has 0 unspecified atom stereocenters. The van der Waals surface area contributed by atoms with Crippen LogP contribution in [0.5, 0.6) is 0 Å². The normalized spacial score (nSPS) is 24.7. The van der Waals surface area contributed by atoms with E-state index < -0.39 is 0 Å². The van der Waals surface area contributed by atoms with Crippen molar-refractivity contribution in [2.24, 2.45) is 5.92 Å². The fraction of sp³-hybridized carbons (Fsp3) is 0.471. The average Bonchev–Trinajstić information content (AvgIpc) is 3.11. The van der Waals surface area contributed by atoms with E-state index in [0.29, 0.717) is 23.9 Å². The summed E-state index contributed by atoms with van der Waals surface area (Å²) in [5, 5.41) is 15.3. The zero-order chi connectivity index (χ0) is 17.6. The van der Waals surface area contributed by atoms with Crippen molar-refractivity contribution in [2.45, 2.75) is 18.4 Å². The van der Waals surface area contributed by atoms with E-state index >= 15 is 0 Å². The van der Waals surface area contributed by atoms with Gasteiger partial charge in [0.2, 0.25) is 0 Å². The Bertz CT molecular complexity index is 862. The molecule has 1 fully saturated rings. The van der Waals surface area contributed by atoms with Crippen molar-refractivity contribution >= 4 is 22.4 Å². The van der Waals surface area contributed by atoms with Crippen LogP contribution in [0.25, 0.3) is 0 Å². The summed E-state index contributed by atoms with van der Waals surface area (Å²) in [5.74, 6) is 0.0976. The van der Waals surface area contributed by atoms with Crippen LogP contribution in [0.1, 0.15) is 34.6 Å². The highest BCUT2D eigenvalue weighted by Crippen LogP contribution is 2.41. The fourth-order valence-electron chi connectivity index (χ4n) is 4.09. The summed E-state index contributed by atoms with van der Waals surface area (Å²) in [5.41, 5.74) is 1.28. The lowest BCUT2D eigenvalue weighted by molar-refractivity contribution is 0.0433. The molecule has 25 heavy (non-hydrogen) atoms. The quantitative estimate of drug-likeness (QED) is 0.857. The number of amides is 1. The number of carbonyl (C=O) groups is 1. The molecule has 2 bridgehead atoms. The van der Waals surface area contributed by atoms with Gasteiger partial charge >= 0.3 is 0 Å². The number of nitrogens with one attached hydrogen (secondary N) is 1. The highest BCUT2D eigenvalue weighted by molar-refractivity contribution is 7.13. The number of fused-ring (bicyclic) bond motifs is 4. The third kappa shape index (κ3) is 2.65. The molecule has 2 aromatic rings. The van der Waals surface area contributed by atoms with Gasteiger partial charge in [0.25, 0.3) is 11.5 Å². The van der Waals surface area contributed by atoms with E-state index in [2.05, 4.69) is 10.3 Å². The zero-order valence-electron chi connectivity index (χ0n) is 13.9. The van der Waals surface area contributed by atoms with Gasteiger partial charge in [0, 0.05) is 49.1 Å². The first kappa shape index (κ1) is 16.3. The maximum atomic E-state index is 12.8. The summed E-state index contributed by atoms with van der Waals surface area (Å²) in [4.78, 5) is 31.3. The number of thiazole rings is 1. The first-order chi connectivity index (χ1) is 12.1. The minimum atomic E-state index is -0.279. The van der Waals surface area contributed by atoms with Crippen LogP contribution in [0, 0.1) is 5.92 Å². The van der Waals surface area contributed by atoms with Crippen molar-refractivity contribution in [3.8, 4) is 0 Å². The molecule has 0 saturated carbocycles. The maximum Gasteiger partial charge on any atom is 0.273 e. The summed E-state index contributed by atoms with van der Waals surface area (Å²) in [6.45, 7) is 1.01.